The third-order valence-electron chi connectivity index (χ3n) is 2.14. The summed E-state index contributed by atoms with van der Waals surface area (Å²) >= 11 is 1.38. The number of thiazole rings is 1. The van der Waals surface area contributed by atoms with Crippen molar-refractivity contribution in [1.82, 2.24) is 25.1 Å². The second-order valence-electron chi connectivity index (χ2n) is 3.42. The maximum absolute atomic E-state index is 12.0. The third kappa shape index (κ3) is 2.66. The van der Waals surface area contributed by atoms with Gasteiger partial charge in [-0.2, -0.15) is 5.10 Å². The maximum Gasteiger partial charge on any atom is 0.273 e. The molecule has 2 heterocycles. The Hall–Kier alpha value is -1.80. The molecular weight excluding hydrogens is 240 g/mol. The van der Waals surface area contributed by atoms with Gasteiger partial charge in [0.2, 0.25) is 0 Å². The number of nitrogens with one attached hydrogen (secondary N) is 1. The van der Waals surface area contributed by atoms with Gasteiger partial charge in [-0.1, -0.05) is 0 Å². The first-order chi connectivity index (χ1) is 8.20. The summed E-state index contributed by atoms with van der Waals surface area (Å²) in [5, 5.41) is 8.88. The number of hydrogen-bond donors (Lipinski definition) is 2. The molecule has 7 nitrogen and oxygen atoms in total. The largest absolute Gasteiger partial charge is 0.333 e. The summed E-state index contributed by atoms with van der Waals surface area (Å²) in [6.07, 6.45) is 1.41. The van der Waals surface area contributed by atoms with E-state index in [0.29, 0.717) is 24.6 Å². The first kappa shape index (κ1) is 11.7. The van der Waals surface area contributed by atoms with Gasteiger partial charge in [0.1, 0.15) is 22.9 Å². The zero-order chi connectivity index (χ0) is 12.3. The number of aromatic amines is 1. The summed E-state index contributed by atoms with van der Waals surface area (Å²) in [5.41, 5.74) is 5.86. The predicted octanol–water partition coefficient (Wildman–Crippen LogP) is -0.00790. The molecule has 17 heavy (non-hydrogen) atoms. The van der Waals surface area contributed by atoms with Crippen LogP contribution in [0.5, 0.6) is 0 Å². The molecule has 3 N–H and O–H groups in total. The van der Waals surface area contributed by atoms with Crippen LogP contribution in [0.2, 0.25) is 0 Å². The summed E-state index contributed by atoms with van der Waals surface area (Å²) in [7, 11) is 1.69. The second kappa shape index (κ2) is 5.02. The summed E-state index contributed by atoms with van der Waals surface area (Å²) in [6.45, 7) is 0.720. The molecule has 1 amide bonds. The Balaban J connectivity index is 2.04. The van der Waals surface area contributed by atoms with Crippen molar-refractivity contribution in [2.45, 2.75) is 13.1 Å². The lowest BCUT2D eigenvalue weighted by Gasteiger charge is -2.13. The van der Waals surface area contributed by atoms with Crippen molar-refractivity contribution in [3.05, 3.63) is 28.2 Å². The van der Waals surface area contributed by atoms with Crippen LogP contribution in [0.15, 0.2) is 11.7 Å². The fourth-order valence-electron chi connectivity index (χ4n) is 1.30. The molecule has 0 saturated heterocycles. The molecular formula is C9H12N6OS. The molecule has 2 aromatic rings. The smallest absolute Gasteiger partial charge is 0.273 e. The Morgan fingerprint density at radius 3 is 3.06 bits per heavy atom. The SMILES string of the molecule is CN(Cc1ncn[nH]1)C(=O)c1csc(CN)n1. The van der Waals surface area contributed by atoms with Gasteiger partial charge < -0.3 is 10.6 Å². The van der Waals surface area contributed by atoms with E-state index in [9.17, 15) is 4.79 Å². The lowest BCUT2D eigenvalue weighted by Crippen LogP contribution is -2.27. The van der Waals surface area contributed by atoms with E-state index in [0.717, 1.165) is 5.01 Å². The predicted molar refractivity (Wildman–Crippen MR) is 62.2 cm³/mol. The van der Waals surface area contributed by atoms with E-state index in [1.54, 1.807) is 12.4 Å². The number of carbonyl (C=O) groups is 1. The van der Waals surface area contributed by atoms with E-state index < -0.39 is 0 Å². The highest BCUT2D eigenvalue weighted by Crippen LogP contribution is 2.11. The lowest BCUT2D eigenvalue weighted by atomic mass is 10.4. The standard InChI is InChI=1S/C9H12N6OS/c1-15(3-7-11-5-12-14-7)9(16)6-4-17-8(2-10)13-6/h4-5H,2-3,10H2,1H3,(H,11,12,14). The number of nitrogens with zero attached hydrogens (tertiary/aromatic N) is 4. The van der Waals surface area contributed by atoms with Crippen molar-refractivity contribution in [2.24, 2.45) is 5.73 Å². The highest BCUT2D eigenvalue weighted by molar-refractivity contribution is 7.09. The van der Waals surface area contributed by atoms with Crippen molar-refractivity contribution in [1.29, 1.82) is 0 Å². The second-order valence-corrected chi connectivity index (χ2v) is 4.37. The molecule has 0 bridgehead atoms. The summed E-state index contributed by atoms with van der Waals surface area (Å²) in [6, 6.07) is 0. The van der Waals surface area contributed by atoms with E-state index in [1.165, 1.54) is 22.6 Å². The Morgan fingerprint density at radius 1 is 1.65 bits per heavy atom. The van der Waals surface area contributed by atoms with Crippen LogP contribution < -0.4 is 5.73 Å². The van der Waals surface area contributed by atoms with E-state index >= 15 is 0 Å². The molecule has 0 unspecified atom stereocenters. The molecule has 0 aliphatic carbocycles. The van der Waals surface area contributed by atoms with Crippen LogP contribution in [0.3, 0.4) is 0 Å². The minimum Gasteiger partial charge on any atom is -0.333 e. The van der Waals surface area contributed by atoms with Crippen molar-refractivity contribution in [2.75, 3.05) is 7.05 Å². The van der Waals surface area contributed by atoms with Gasteiger partial charge in [0.05, 0.1) is 6.54 Å². The fraction of sp³-hybridized carbons (Fsp3) is 0.333. The van der Waals surface area contributed by atoms with Crippen LogP contribution in [0.1, 0.15) is 21.3 Å². The fourth-order valence-corrected chi connectivity index (χ4v) is 1.95. The molecule has 8 heteroatoms. The molecule has 0 atom stereocenters. The monoisotopic (exact) mass is 252 g/mol. The normalized spacial score (nSPS) is 10.5. The van der Waals surface area contributed by atoms with E-state index in [-0.39, 0.29) is 5.91 Å². The highest BCUT2D eigenvalue weighted by atomic mass is 32.1. The Kier molecular flexibility index (Phi) is 3.45. The summed E-state index contributed by atoms with van der Waals surface area (Å²) < 4.78 is 0. The van der Waals surface area contributed by atoms with Crippen molar-refractivity contribution in [3.63, 3.8) is 0 Å². The Bertz CT molecular complexity index is 493. The first-order valence-corrected chi connectivity index (χ1v) is 5.83. The molecule has 2 rings (SSSR count). The van der Waals surface area contributed by atoms with Gasteiger partial charge in [0.25, 0.3) is 5.91 Å². The van der Waals surface area contributed by atoms with Gasteiger partial charge in [-0.15, -0.1) is 11.3 Å². The van der Waals surface area contributed by atoms with Crippen molar-refractivity contribution < 1.29 is 4.79 Å². The molecule has 0 radical (unpaired) electrons. The zero-order valence-electron chi connectivity index (χ0n) is 9.25. The number of nitrogens with two attached hydrogens (primary N) is 1. The average molecular weight is 252 g/mol. The maximum atomic E-state index is 12.0. The Morgan fingerprint density at radius 2 is 2.47 bits per heavy atom. The molecule has 0 fully saturated rings. The molecule has 90 valence electrons. The van der Waals surface area contributed by atoms with Crippen molar-refractivity contribution >= 4 is 17.2 Å². The van der Waals surface area contributed by atoms with Gasteiger partial charge in [0, 0.05) is 19.0 Å². The summed E-state index contributed by atoms with van der Waals surface area (Å²) in [4.78, 5) is 21.6. The van der Waals surface area contributed by atoms with Gasteiger partial charge >= 0.3 is 0 Å². The van der Waals surface area contributed by atoms with Gasteiger partial charge in [-0.25, -0.2) is 9.97 Å². The number of aromatic nitrogens is 4. The third-order valence-corrected chi connectivity index (χ3v) is 3.02. The number of H-pyrrole nitrogens is 1. The topological polar surface area (TPSA) is 101 Å². The van der Waals surface area contributed by atoms with E-state index in [1.807, 2.05) is 0 Å². The van der Waals surface area contributed by atoms with Crippen LogP contribution in [-0.4, -0.2) is 38.0 Å². The van der Waals surface area contributed by atoms with Gasteiger partial charge in [0.15, 0.2) is 0 Å². The van der Waals surface area contributed by atoms with Crippen LogP contribution >= 0.6 is 11.3 Å². The average Bonchev–Trinajstić information content (AvgIpc) is 2.98. The minimum absolute atomic E-state index is 0.155. The molecule has 0 aliphatic heterocycles. The van der Waals surface area contributed by atoms with Crippen LogP contribution in [0.25, 0.3) is 0 Å². The van der Waals surface area contributed by atoms with Crippen LogP contribution in [0.4, 0.5) is 0 Å². The number of rotatable bonds is 4. The molecule has 0 saturated carbocycles. The summed E-state index contributed by atoms with van der Waals surface area (Å²) in [5.74, 6) is 0.479. The number of hydrogen-bond acceptors (Lipinski definition) is 6. The quantitative estimate of drug-likeness (QED) is 0.797. The van der Waals surface area contributed by atoms with Crippen LogP contribution in [0, 0.1) is 0 Å². The van der Waals surface area contributed by atoms with Crippen LogP contribution in [-0.2, 0) is 13.1 Å². The van der Waals surface area contributed by atoms with Crippen molar-refractivity contribution in [3.8, 4) is 0 Å². The minimum atomic E-state index is -0.155. The molecule has 0 aromatic carbocycles. The molecule has 0 aliphatic rings. The van der Waals surface area contributed by atoms with Gasteiger partial charge in [-0.05, 0) is 0 Å². The number of carbonyl (C=O) groups excluding carboxylic acids is 1. The molecule has 0 spiro atoms. The highest BCUT2D eigenvalue weighted by Gasteiger charge is 2.16. The van der Waals surface area contributed by atoms with E-state index in [4.69, 9.17) is 5.73 Å². The lowest BCUT2D eigenvalue weighted by molar-refractivity contribution is 0.0776. The Labute approximate surface area is 102 Å². The number of amides is 1. The molecule has 2 aromatic heterocycles. The van der Waals surface area contributed by atoms with E-state index in [2.05, 4.69) is 20.2 Å². The first-order valence-electron chi connectivity index (χ1n) is 4.95. The zero-order valence-corrected chi connectivity index (χ0v) is 10.1. The van der Waals surface area contributed by atoms with Gasteiger partial charge in [-0.3, -0.25) is 9.89 Å².